The number of rotatable bonds is 8. The fraction of sp³-hybridized carbons (Fsp3) is 0.929. The molecule has 9 heteroatoms. The number of nitrogens with two attached hydrogens (primary N) is 1. The molecular formula is C28H51F2N2O4U+. The van der Waals surface area contributed by atoms with E-state index in [4.69, 9.17) is 20.3 Å². The van der Waals surface area contributed by atoms with E-state index in [9.17, 15) is 13.6 Å². The Balaban J connectivity index is 0.000000367. The summed E-state index contributed by atoms with van der Waals surface area (Å²) in [5.41, 5.74) is 5.96. The summed E-state index contributed by atoms with van der Waals surface area (Å²) in [5.74, 6) is -0.133. The molecule has 0 aromatic rings. The summed E-state index contributed by atoms with van der Waals surface area (Å²) < 4.78 is 35.7. The van der Waals surface area contributed by atoms with E-state index in [1.807, 2.05) is 6.92 Å². The molecule has 6 nitrogen and oxygen atoms in total. The summed E-state index contributed by atoms with van der Waals surface area (Å²) in [5, 5.41) is 7.70. The summed E-state index contributed by atoms with van der Waals surface area (Å²) in [7, 11) is 0. The van der Waals surface area contributed by atoms with Gasteiger partial charge in [0.2, 0.25) is 0 Å². The maximum Gasteiger partial charge on any atom is 2.00 e. The van der Waals surface area contributed by atoms with Crippen LogP contribution in [0.4, 0.5) is 8.78 Å². The Labute approximate surface area is 247 Å². The first-order valence-corrected chi connectivity index (χ1v) is 13.7. The minimum Gasteiger partial charge on any atom is -0.540 e. The second-order valence-corrected chi connectivity index (χ2v) is 12.3. The van der Waals surface area contributed by atoms with Crippen LogP contribution in [-0.2, 0) is 14.3 Å². The summed E-state index contributed by atoms with van der Waals surface area (Å²) in [6, 6.07) is -0.845. The van der Waals surface area contributed by atoms with Crippen LogP contribution in [-0.4, -0.2) is 67.1 Å². The van der Waals surface area contributed by atoms with Crippen LogP contribution in [0.5, 0.6) is 0 Å². The van der Waals surface area contributed by atoms with Crippen LogP contribution in [0.1, 0.15) is 80.1 Å². The third-order valence-corrected chi connectivity index (χ3v) is 9.32. The number of halogens is 2. The quantitative estimate of drug-likeness (QED) is 0.224. The van der Waals surface area contributed by atoms with Crippen molar-refractivity contribution in [2.75, 3.05) is 26.3 Å². The van der Waals surface area contributed by atoms with Crippen molar-refractivity contribution in [2.45, 2.75) is 105 Å². The first kappa shape index (κ1) is 35.4. The zero-order valence-electron chi connectivity index (χ0n) is 23.8. The molecule has 0 aromatic carbocycles. The van der Waals surface area contributed by atoms with Gasteiger partial charge in [-0.3, -0.25) is 0 Å². The Morgan fingerprint density at radius 3 is 2.54 bits per heavy atom. The van der Waals surface area contributed by atoms with Gasteiger partial charge in [0.05, 0.1) is 13.2 Å². The fourth-order valence-corrected chi connectivity index (χ4v) is 6.49. The van der Waals surface area contributed by atoms with E-state index in [0.717, 1.165) is 17.8 Å². The van der Waals surface area contributed by atoms with Crippen molar-refractivity contribution in [3.05, 3.63) is 6.92 Å². The predicted octanol–water partition coefficient (Wildman–Crippen LogP) is 4.53. The molecule has 3 rings (SSSR count). The Kier molecular flexibility index (Phi) is 14.2. The Morgan fingerprint density at radius 2 is 1.97 bits per heavy atom. The number of ether oxygens (including phenoxy) is 2. The SMILES string of the molecule is CC1COC([OH2+])C([C-]=O)N(CCOC(N)C(C)(F)F)C1.[CH2-]C(C)(CC)[C@]1(C)CC2CCCC(C)C1C2.[U+2]. The number of alkyl halides is 2. The maximum atomic E-state index is 12.8. The molecule has 0 aromatic heterocycles. The van der Waals surface area contributed by atoms with E-state index < -0.39 is 24.5 Å². The van der Waals surface area contributed by atoms with Crippen LogP contribution in [0, 0.1) is 72.5 Å². The van der Waals surface area contributed by atoms with Gasteiger partial charge in [-0.05, 0) is 36.5 Å². The van der Waals surface area contributed by atoms with Gasteiger partial charge < -0.3 is 36.9 Å². The van der Waals surface area contributed by atoms with Crippen LogP contribution in [0.15, 0.2) is 0 Å². The smallest absolute Gasteiger partial charge is 0.540 e. The molecule has 1 aliphatic heterocycles. The fourth-order valence-electron chi connectivity index (χ4n) is 6.49. The Hall–Kier alpha value is 0.382. The molecule has 4 N–H and O–H groups in total. The van der Waals surface area contributed by atoms with E-state index >= 15 is 0 Å². The molecular weight excluding hydrogens is 704 g/mol. The van der Waals surface area contributed by atoms with Crippen molar-refractivity contribution < 1.29 is 59.3 Å². The topological polar surface area (TPSA) is 87.7 Å². The maximum absolute atomic E-state index is 12.8. The molecule has 37 heavy (non-hydrogen) atoms. The van der Waals surface area contributed by atoms with Crippen LogP contribution in [0.25, 0.3) is 0 Å². The molecule has 214 valence electrons. The van der Waals surface area contributed by atoms with Gasteiger partial charge in [0.1, 0.15) is 0 Å². The molecule has 2 bridgehead atoms. The molecule has 0 amide bonds. The Morgan fingerprint density at radius 1 is 1.32 bits per heavy atom. The minimum atomic E-state index is -3.12. The molecule has 1 saturated heterocycles. The third-order valence-electron chi connectivity index (χ3n) is 9.32. The van der Waals surface area contributed by atoms with Crippen molar-refractivity contribution in [1.29, 1.82) is 0 Å². The standard InChI is InChI=1S/C16H29.C12H21F2N2O4.U/c1-6-15(3,4)16(5)11-13-9-7-8-12(2)14(16)10-13;1-8-5-16(9(6-17)10(18)20-7-8)3-4-19-11(15)12(2,13)14;/h12-14H,3,6-11H2,1-2,4-5H3;8-11,18H,3-5,7,15H2,1-2H3;/q2*-1;+2/p+1/t12?,13?,14?,15?,16-;;/m1../s1. The zero-order chi connectivity index (χ0) is 27.3. The molecule has 9 atom stereocenters. The van der Waals surface area contributed by atoms with Gasteiger partial charge in [-0.15, -0.1) is 0 Å². The second kappa shape index (κ2) is 14.8. The number of hydrogen-bond acceptors (Lipinski definition) is 5. The van der Waals surface area contributed by atoms with Gasteiger partial charge >= 0.3 is 31.1 Å². The number of fused-ring (bicyclic) bond motifs is 2. The van der Waals surface area contributed by atoms with Gasteiger partial charge in [0, 0.05) is 26.1 Å². The van der Waals surface area contributed by atoms with Crippen LogP contribution >= 0.6 is 0 Å². The average molecular weight is 756 g/mol. The first-order valence-electron chi connectivity index (χ1n) is 13.7. The van der Waals surface area contributed by atoms with Gasteiger partial charge in [-0.2, -0.15) is 5.41 Å². The van der Waals surface area contributed by atoms with Gasteiger partial charge in [-0.1, -0.05) is 65.7 Å². The average Bonchev–Trinajstić information content (AvgIpc) is 2.94. The van der Waals surface area contributed by atoms with E-state index in [0.29, 0.717) is 25.5 Å². The number of carbonyl (C=O) groups excluding carboxylic acids is 1. The van der Waals surface area contributed by atoms with Crippen LogP contribution in [0.3, 0.4) is 0 Å². The molecule has 2 saturated carbocycles. The predicted molar refractivity (Wildman–Crippen MR) is 139 cm³/mol. The monoisotopic (exact) mass is 755 g/mol. The molecule has 0 radical (unpaired) electrons. The largest absolute Gasteiger partial charge is 2.00 e. The zero-order valence-corrected chi connectivity index (χ0v) is 28.0. The van der Waals surface area contributed by atoms with Gasteiger partial charge in [-0.25, -0.2) is 15.1 Å². The normalized spacial score (nSPS) is 37.2. The van der Waals surface area contributed by atoms with Crippen molar-refractivity contribution >= 4 is 6.29 Å². The third kappa shape index (κ3) is 9.20. The van der Waals surface area contributed by atoms with Crippen molar-refractivity contribution in [3.63, 3.8) is 0 Å². The molecule has 3 aliphatic rings. The van der Waals surface area contributed by atoms with Crippen molar-refractivity contribution in [1.82, 2.24) is 4.90 Å². The van der Waals surface area contributed by atoms with Gasteiger partial charge in [0.25, 0.3) is 12.2 Å². The first-order chi connectivity index (χ1) is 16.7. The van der Waals surface area contributed by atoms with Crippen molar-refractivity contribution in [3.8, 4) is 0 Å². The summed E-state index contributed by atoms with van der Waals surface area (Å²) in [6.07, 6.45) is 7.60. The second-order valence-electron chi connectivity index (χ2n) is 12.3. The minimum absolute atomic E-state index is 0. The van der Waals surface area contributed by atoms with Crippen LogP contribution < -0.4 is 5.73 Å². The van der Waals surface area contributed by atoms with E-state index in [-0.39, 0.29) is 55.6 Å². The van der Waals surface area contributed by atoms with E-state index in [2.05, 4.69) is 34.6 Å². The summed E-state index contributed by atoms with van der Waals surface area (Å²) in [4.78, 5) is 12.6. The van der Waals surface area contributed by atoms with E-state index in [1.54, 1.807) is 11.2 Å². The van der Waals surface area contributed by atoms with E-state index in [1.165, 1.54) is 38.5 Å². The molecule has 8 unspecified atom stereocenters. The van der Waals surface area contributed by atoms with Gasteiger partial charge in [0.15, 0.2) is 6.23 Å². The molecule has 3 fully saturated rings. The number of nitrogens with zero attached hydrogens (tertiary/aromatic N) is 1. The van der Waals surface area contributed by atoms with Crippen molar-refractivity contribution in [2.24, 2.45) is 40.2 Å². The Bertz CT molecular complexity index is 696. The summed E-state index contributed by atoms with van der Waals surface area (Å²) >= 11 is 0. The molecule has 0 spiro atoms. The van der Waals surface area contributed by atoms with Crippen LogP contribution in [0.2, 0.25) is 0 Å². The number of hydrogen-bond donors (Lipinski definition) is 1. The summed E-state index contributed by atoms with van der Waals surface area (Å²) in [6.45, 7) is 18.0. The molecule has 1 heterocycles. The molecule has 2 aliphatic carbocycles.